The van der Waals surface area contributed by atoms with E-state index >= 15 is 0 Å². The van der Waals surface area contributed by atoms with E-state index in [1.54, 1.807) is 71.0 Å². The van der Waals surface area contributed by atoms with Crippen LogP contribution in [-0.2, 0) is 14.2 Å². The Morgan fingerprint density at radius 3 is 1.17 bits per heavy atom. The van der Waals surface area contributed by atoms with Crippen LogP contribution in [-0.4, -0.2) is 49.4 Å². The highest BCUT2D eigenvalue weighted by Crippen LogP contribution is 2.54. The van der Waals surface area contributed by atoms with Crippen molar-refractivity contribution in [3.63, 3.8) is 0 Å². The van der Waals surface area contributed by atoms with Gasteiger partial charge in [0.05, 0.1) is 24.2 Å². The minimum absolute atomic E-state index is 0.194. The van der Waals surface area contributed by atoms with E-state index < -0.39 is 63.9 Å². The molecule has 0 saturated carbocycles. The lowest BCUT2D eigenvalue weighted by Gasteiger charge is -2.27. The molecule has 2 amide bonds. The second-order valence-corrected chi connectivity index (χ2v) is 19.8. The molecular weight excluding hydrogens is 855 g/mol. The molecule has 7 heterocycles. The zero-order valence-corrected chi connectivity index (χ0v) is 37.8. The van der Waals surface area contributed by atoms with Crippen molar-refractivity contribution < 1.29 is 54.9 Å². The Kier molecular flexibility index (Phi) is 12.7. The largest absolute Gasteiger partial charge is 0.444 e. The van der Waals surface area contributed by atoms with Crippen molar-refractivity contribution in [1.82, 2.24) is 19.7 Å². The Hall–Kier alpha value is -5.77. The monoisotopic (exact) mass is 908 g/mol. The summed E-state index contributed by atoms with van der Waals surface area (Å²) >= 11 is 0. The Morgan fingerprint density at radius 2 is 0.800 bits per heavy atom. The molecule has 6 bridgehead atoms. The topological polar surface area (TPSA) is 102 Å². The maximum Gasteiger partial charge on any atom is 0.418 e. The lowest BCUT2D eigenvalue weighted by molar-refractivity contribution is 0.0172. The third-order valence-corrected chi connectivity index (χ3v) is 11.5. The second-order valence-electron chi connectivity index (χ2n) is 19.8. The van der Waals surface area contributed by atoms with Crippen LogP contribution in [0.5, 0.6) is 0 Å². The maximum atomic E-state index is 13.4. The highest BCUT2D eigenvalue weighted by atomic mass is 19.2. The molecular formula is C49H54F6N4O6. The number of aromatic nitrogens is 1. The first kappa shape index (κ1) is 47.2. The van der Waals surface area contributed by atoms with E-state index in [2.05, 4.69) is 5.32 Å². The molecule has 6 aliphatic heterocycles. The van der Waals surface area contributed by atoms with Crippen molar-refractivity contribution >= 4 is 18.3 Å². The van der Waals surface area contributed by atoms with Crippen LogP contribution in [0.3, 0.4) is 0 Å². The summed E-state index contributed by atoms with van der Waals surface area (Å²) in [6.45, 7) is 16.3. The van der Waals surface area contributed by atoms with E-state index in [0.29, 0.717) is 22.3 Å². The number of nitrogens with zero attached hydrogens (tertiary/aromatic N) is 3. The number of rotatable bonds is 0. The summed E-state index contributed by atoms with van der Waals surface area (Å²) in [6.07, 6.45) is 9.34. The first-order valence-electron chi connectivity index (χ1n) is 21.6. The van der Waals surface area contributed by atoms with Crippen molar-refractivity contribution in [2.75, 3.05) is 0 Å². The summed E-state index contributed by atoms with van der Waals surface area (Å²) in [5.74, 6) is -4.97. The first-order chi connectivity index (χ1) is 30.3. The Morgan fingerprint density at radius 1 is 0.477 bits per heavy atom. The van der Waals surface area contributed by atoms with Gasteiger partial charge in [-0.3, -0.25) is 14.4 Å². The molecule has 4 aromatic rings. The van der Waals surface area contributed by atoms with E-state index in [9.17, 15) is 40.7 Å². The fraction of sp³-hybridized carbons (Fsp3) is 0.449. The average molecular weight is 909 g/mol. The van der Waals surface area contributed by atoms with Gasteiger partial charge in [0.15, 0.2) is 34.9 Å². The summed E-state index contributed by atoms with van der Waals surface area (Å²) in [5, 5.41) is 3.31. The fourth-order valence-corrected chi connectivity index (χ4v) is 9.04. The number of amides is 2. The van der Waals surface area contributed by atoms with E-state index in [1.165, 1.54) is 33.7 Å². The third-order valence-electron chi connectivity index (χ3n) is 11.5. The molecule has 6 atom stereocenters. The summed E-state index contributed by atoms with van der Waals surface area (Å²) in [5.41, 5.74) is 2.97. The Bertz CT molecular complexity index is 2370. The van der Waals surface area contributed by atoms with Crippen LogP contribution in [0.4, 0.5) is 40.7 Å². The number of ether oxygens (including phenoxy) is 3. The number of halogens is 6. The SMILES string of the molecule is CC(C)(C)OC(=O)N1C2C=CC1c1cc(F)c(F)cc12.CC(C)(C)OC(=O)N1C2CCC1c1cc(F)c(F)cc12.CC(C)(C)OC(=O)n1cccc1.Fc1cc2c(cc1F)C1CCC2N1. The normalized spacial score (nSPS) is 22.4. The molecule has 0 spiro atoms. The minimum atomic E-state index is -0.895. The van der Waals surface area contributed by atoms with Crippen LogP contribution in [0.2, 0.25) is 0 Å². The average Bonchev–Trinajstić information content (AvgIpc) is 4.06. The van der Waals surface area contributed by atoms with Gasteiger partial charge in [0.25, 0.3) is 0 Å². The predicted octanol–water partition coefficient (Wildman–Crippen LogP) is 12.7. The Balaban J connectivity index is 0.000000132. The van der Waals surface area contributed by atoms with Gasteiger partial charge in [-0.2, -0.15) is 0 Å². The number of benzene rings is 3. The molecule has 6 aliphatic rings. The lowest BCUT2D eigenvalue weighted by atomic mass is 9.92. The van der Waals surface area contributed by atoms with Gasteiger partial charge in [-0.05, 0) is 170 Å². The summed E-state index contributed by atoms with van der Waals surface area (Å²) in [7, 11) is 0. The molecule has 2 saturated heterocycles. The van der Waals surface area contributed by atoms with Crippen LogP contribution in [0, 0.1) is 34.9 Å². The molecule has 348 valence electrons. The number of hydrogen-bond acceptors (Lipinski definition) is 7. The fourth-order valence-electron chi connectivity index (χ4n) is 9.04. The summed E-state index contributed by atoms with van der Waals surface area (Å²) in [6, 6.07) is 10.4. The molecule has 1 N–H and O–H groups in total. The van der Waals surface area contributed by atoms with Crippen LogP contribution in [0.15, 0.2) is 73.1 Å². The van der Waals surface area contributed by atoms with Crippen LogP contribution in [0.25, 0.3) is 0 Å². The quantitative estimate of drug-likeness (QED) is 0.106. The molecule has 1 aromatic heterocycles. The molecule has 3 aromatic carbocycles. The van der Waals surface area contributed by atoms with Crippen molar-refractivity contribution in [1.29, 1.82) is 0 Å². The Labute approximate surface area is 374 Å². The number of carbonyl (C=O) groups is 3. The number of nitrogens with one attached hydrogen (secondary N) is 1. The van der Waals surface area contributed by atoms with Gasteiger partial charge in [0, 0.05) is 24.5 Å². The second kappa shape index (κ2) is 17.6. The van der Waals surface area contributed by atoms with Crippen LogP contribution in [0.1, 0.15) is 158 Å². The van der Waals surface area contributed by atoms with Gasteiger partial charge in [0.2, 0.25) is 0 Å². The predicted molar refractivity (Wildman–Crippen MR) is 228 cm³/mol. The van der Waals surface area contributed by atoms with E-state index in [0.717, 1.165) is 48.9 Å². The van der Waals surface area contributed by atoms with Gasteiger partial charge in [-0.1, -0.05) is 12.2 Å². The number of fused-ring (bicyclic) bond motifs is 15. The molecule has 10 rings (SSSR count). The number of hydrogen-bond donors (Lipinski definition) is 1. The highest BCUT2D eigenvalue weighted by Gasteiger charge is 2.49. The molecule has 0 aliphatic carbocycles. The lowest BCUT2D eigenvalue weighted by Crippen LogP contribution is -2.35. The molecule has 6 unspecified atom stereocenters. The van der Waals surface area contributed by atoms with Crippen LogP contribution >= 0.6 is 0 Å². The van der Waals surface area contributed by atoms with Crippen molar-refractivity contribution in [3.05, 3.63) is 141 Å². The van der Waals surface area contributed by atoms with Gasteiger partial charge < -0.3 is 19.5 Å². The van der Waals surface area contributed by atoms with Crippen molar-refractivity contribution in [2.24, 2.45) is 0 Å². The molecule has 65 heavy (non-hydrogen) atoms. The maximum absolute atomic E-state index is 13.4. The smallest absolute Gasteiger partial charge is 0.418 e. The van der Waals surface area contributed by atoms with Gasteiger partial charge in [0.1, 0.15) is 16.8 Å². The van der Waals surface area contributed by atoms with E-state index in [4.69, 9.17) is 14.2 Å². The highest BCUT2D eigenvalue weighted by molar-refractivity contribution is 5.74. The summed E-state index contributed by atoms with van der Waals surface area (Å²) < 4.78 is 96.6. The van der Waals surface area contributed by atoms with Crippen molar-refractivity contribution in [3.8, 4) is 0 Å². The molecule has 2 fully saturated rings. The van der Waals surface area contributed by atoms with E-state index in [-0.39, 0.29) is 42.3 Å². The van der Waals surface area contributed by atoms with Crippen LogP contribution < -0.4 is 5.32 Å². The molecule has 16 heteroatoms. The zero-order valence-electron chi connectivity index (χ0n) is 37.8. The van der Waals surface area contributed by atoms with Crippen molar-refractivity contribution in [2.45, 2.75) is 141 Å². The molecule has 10 nitrogen and oxygen atoms in total. The first-order valence-corrected chi connectivity index (χ1v) is 21.6. The van der Waals surface area contributed by atoms with Gasteiger partial charge in [-0.15, -0.1) is 0 Å². The summed E-state index contributed by atoms with van der Waals surface area (Å²) in [4.78, 5) is 38.9. The number of carbonyl (C=O) groups excluding carboxylic acids is 3. The minimum Gasteiger partial charge on any atom is -0.444 e. The third kappa shape index (κ3) is 10.1. The standard InChI is InChI=1S/C15H17F2NO2.C15H15F2NO2.C10H9F2N.C9H13NO2/c2*1-15(2,3)20-14(19)18-12-4-5-13(18)9-7-11(17)10(16)6-8(9)12;11-7-3-5-6(4-8(7)12)10-2-1-9(5)13-10;1-9(2,3)12-8(11)10-6-4-5-7-10/h6-7,12-13H,4-5H2,1-3H3;4-7,12-13H,1-3H3;3-4,9-10,13H,1-2H2;4-7H,1-3H3. The van der Waals surface area contributed by atoms with E-state index in [1.807, 2.05) is 32.9 Å². The van der Waals surface area contributed by atoms with Gasteiger partial charge in [-0.25, -0.2) is 40.7 Å². The van der Waals surface area contributed by atoms with Gasteiger partial charge >= 0.3 is 18.3 Å². The molecule has 0 radical (unpaired) electrons. The zero-order chi connectivity index (χ0) is 47.5.